The van der Waals surface area contributed by atoms with E-state index in [9.17, 15) is 0 Å². The van der Waals surface area contributed by atoms with Gasteiger partial charge < -0.3 is 9.47 Å². The van der Waals surface area contributed by atoms with Crippen molar-refractivity contribution in [2.75, 3.05) is 13.2 Å². The summed E-state index contributed by atoms with van der Waals surface area (Å²) < 4.78 is 10.5. The molecule has 48 valence electrons. The first-order valence-electron chi connectivity index (χ1n) is 3.02. The quantitative estimate of drug-likeness (QED) is 0.466. The van der Waals surface area contributed by atoms with Gasteiger partial charge in [0.1, 0.15) is 0 Å². The Balaban J connectivity index is 2.19. The maximum atomic E-state index is 5.27. The Morgan fingerprint density at radius 3 is 1.62 bits per heavy atom. The van der Waals surface area contributed by atoms with E-state index in [-0.39, 0.29) is 0 Å². The van der Waals surface area contributed by atoms with E-state index < -0.39 is 0 Å². The van der Waals surface area contributed by atoms with Gasteiger partial charge in [0.25, 0.3) is 0 Å². The molecular formula is C6H12O2. The average molecular weight is 116 g/mol. The van der Waals surface area contributed by atoms with E-state index >= 15 is 0 Å². The molecular weight excluding hydrogens is 104 g/mol. The molecule has 0 saturated carbocycles. The van der Waals surface area contributed by atoms with Crippen molar-refractivity contribution < 1.29 is 9.47 Å². The van der Waals surface area contributed by atoms with Crippen molar-refractivity contribution in [1.29, 1.82) is 0 Å². The first-order valence-corrected chi connectivity index (χ1v) is 3.02. The maximum absolute atomic E-state index is 5.27. The monoisotopic (exact) mass is 116 g/mol. The fourth-order valence-corrected chi connectivity index (χ4v) is 0.696. The van der Waals surface area contributed by atoms with Crippen molar-refractivity contribution in [2.24, 2.45) is 0 Å². The summed E-state index contributed by atoms with van der Waals surface area (Å²) in [7, 11) is 0. The van der Waals surface area contributed by atoms with Crippen LogP contribution < -0.4 is 0 Å². The maximum Gasteiger partial charge on any atom is 0.0781 e. The molecule has 0 spiro atoms. The fraction of sp³-hybridized carbons (Fsp3) is 1.00. The van der Waals surface area contributed by atoms with Gasteiger partial charge >= 0.3 is 0 Å². The van der Waals surface area contributed by atoms with Gasteiger partial charge in [-0.3, -0.25) is 0 Å². The SMILES string of the molecule is C[C@@H]1CO[C@H](C)CO1. The molecule has 1 saturated heterocycles. The first-order chi connectivity index (χ1) is 3.79. The lowest BCUT2D eigenvalue weighted by Gasteiger charge is -2.24. The fourth-order valence-electron chi connectivity index (χ4n) is 0.696. The molecule has 0 aliphatic carbocycles. The summed E-state index contributed by atoms with van der Waals surface area (Å²) in [6, 6.07) is 0. The zero-order valence-corrected chi connectivity index (χ0v) is 5.39. The third-order valence-corrected chi connectivity index (χ3v) is 1.23. The van der Waals surface area contributed by atoms with Gasteiger partial charge in [-0.05, 0) is 13.8 Å². The van der Waals surface area contributed by atoms with Crippen LogP contribution in [0.5, 0.6) is 0 Å². The summed E-state index contributed by atoms with van der Waals surface area (Å²) in [6.07, 6.45) is 0.595. The van der Waals surface area contributed by atoms with Gasteiger partial charge in [-0.15, -0.1) is 0 Å². The Hall–Kier alpha value is -0.0800. The molecule has 0 aromatic carbocycles. The van der Waals surface area contributed by atoms with Gasteiger partial charge in [-0.2, -0.15) is 0 Å². The highest BCUT2D eigenvalue weighted by Crippen LogP contribution is 2.04. The summed E-state index contributed by atoms with van der Waals surface area (Å²) in [5, 5.41) is 0. The predicted octanol–water partition coefficient (Wildman–Crippen LogP) is 0.810. The molecule has 1 aliphatic rings. The van der Waals surface area contributed by atoms with Gasteiger partial charge in [-0.1, -0.05) is 0 Å². The lowest BCUT2D eigenvalue weighted by Crippen LogP contribution is -2.31. The highest BCUT2D eigenvalue weighted by molar-refractivity contribution is 4.58. The lowest BCUT2D eigenvalue weighted by atomic mass is 10.3. The van der Waals surface area contributed by atoms with E-state index in [1.807, 2.05) is 13.8 Å². The Kier molecular flexibility index (Phi) is 1.86. The van der Waals surface area contributed by atoms with Crippen LogP contribution in [-0.4, -0.2) is 25.4 Å². The van der Waals surface area contributed by atoms with Crippen LogP contribution in [0.15, 0.2) is 0 Å². The third-order valence-electron chi connectivity index (χ3n) is 1.23. The summed E-state index contributed by atoms with van der Waals surface area (Å²) in [6.45, 7) is 5.54. The van der Waals surface area contributed by atoms with Gasteiger partial charge in [0.05, 0.1) is 25.4 Å². The molecule has 1 heterocycles. The van der Waals surface area contributed by atoms with Gasteiger partial charge in [-0.25, -0.2) is 0 Å². The molecule has 1 rings (SSSR count). The van der Waals surface area contributed by atoms with Gasteiger partial charge in [0.15, 0.2) is 0 Å². The Labute approximate surface area is 49.8 Å². The predicted molar refractivity (Wildman–Crippen MR) is 30.8 cm³/mol. The van der Waals surface area contributed by atoms with E-state index in [2.05, 4.69) is 0 Å². The summed E-state index contributed by atoms with van der Waals surface area (Å²) in [5.41, 5.74) is 0. The van der Waals surface area contributed by atoms with Crippen LogP contribution in [0.3, 0.4) is 0 Å². The molecule has 0 amide bonds. The van der Waals surface area contributed by atoms with Gasteiger partial charge in [0, 0.05) is 0 Å². The number of hydrogen-bond donors (Lipinski definition) is 0. The minimum Gasteiger partial charge on any atom is -0.373 e. The minimum absolute atomic E-state index is 0.297. The normalized spacial score (nSPS) is 39.8. The highest BCUT2D eigenvalue weighted by atomic mass is 16.6. The summed E-state index contributed by atoms with van der Waals surface area (Å²) in [5.74, 6) is 0. The third kappa shape index (κ3) is 1.46. The largest absolute Gasteiger partial charge is 0.373 e. The molecule has 2 heteroatoms. The second-order valence-electron chi connectivity index (χ2n) is 2.29. The molecule has 0 radical (unpaired) electrons. The van der Waals surface area contributed by atoms with Crippen molar-refractivity contribution in [2.45, 2.75) is 26.1 Å². The van der Waals surface area contributed by atoms with E-state index in [4.69, 9.17) is 9.47 Å². The van der Waals surface area contributed by atoms with Crippen LogP contribution in [-0.2, 0) is 9.47 Å². The molecule has 1 aliphatic heterocycles. The van der Waals surface area contributed by atoms with Crippen molar-refractivity contribution in [3.05, 3.63) is 0 Å². The summed E-state index contributed by atoms with van der Waals surface area (Å²) >= 11 is 0. The van der Waals surface area contributed by atoms with E-state index in [0.717, 1.165) is 13.2 Å². The topological polar surface area (TPSA) is 18.5 Å². The second-order valence-corrected chi connectivity index (χ2v) is 2.29. The summed E-state index contributed by atoms with van der Waals surface area (Å²) in [4.78, 5) is 0. The van der Waals surface area contributed by atoms with Crippen LogP contribution in [0.1, 0.15) is 13.8 Å². The molecule has 0 aromatic rings. The molecule has 2 atom stereocenters. The second kappa shape index (κ2) is 2.46. The lowest BCUT2D eigenvalue weighted by molar-refractivity contribution is -0.119. The molecule has 0 unspecified atom stereocenters. The van der Waals surface area contributed by atoms with Gasteiger partial charge in [0.2, 0.25) is 0 Å². The molecule has 2 nitrogen and oxygen atoms in total. The minimum atomic E-state index is 0.297. The van der Waals surface area contributed by atoms with Crippen LogP contribution in [0.25, 0.3) is 0 Å². The molecule has 8 heavy (non-hydrogen) atoms. The number of rotatable bonds is 0. The molecule has 0 N–H and O–H groups in total. The van der Waals surface area contributed by atoms with E-state index in [1.54, 1.807) is 0 Å². The van der Waals surface area contributed by atoms with Crippen LogP contribution in [0.4, 0.5) is 0 Å². The smallest absolute Gasteiger partial charge is 0.0781 e. The Bertz CT molecular complexity index is 54.9. The standard InChI is InChI=1S/C6H12O2/c1-5-3-8-6(2)4-7-5/h5-6H,3-4H2,1-2H3/t5-,6-/m1/s1. The zero-order valence-electron chi connectivity index (χ0n) is 5.39. The molecule has 0 aromatic heterocycles. The van der Waals surface area contributed by atoms with Crippen molar-refractivity contribution >= 4 is 0 Å². The van der Waals surface area contributed by atoms with Crippen LogP contribution in [0.2, 0.25) is 0 Å². The van der Waals surface area contributed by atoms with Crippen molar-refractivity contribution in [3.8, 4) is 0 Å². The van der Waals surface area contributed by atoms with E-state index in [0.29, 0.717) is 12.2 Å². The molecule has 0 bridgehead atoms. The van der Waals surface area contributed by atoms with Crippen LogP contribution >= 0.6 is 0 Å². The van der Waals surface area contributed by atoms with Crippen molar-refractivity contribution in [3.63, 3.8) is 0 Å². The molecule has 1 fully saturated rings. The Morgan fingerprint density at radius 1 is 1.00 bits per heavy atom. The number of ether oxygens (including phenoxy) is 2. The number of hydrogen-bond acceptors (Lipinski definition) is 2. The average Bonchev–Trinajstić information content (AvgIpc) is 1.77. The highest BCUT2D eigenvalue weighted by Gasteiger charge is 2.13. The van der Waals surface area contributed by atoms with E-state index in [1.165, 1.54) is 0 Å². The van der Waals surface area contributed by atoms with Crippen LogP contribution in [0, 0.1) is 0 Å². The Morgan fingerprint density at radius 2 is 1.38 bits per heavy atom. The zero-order chi connectivity index (χ0) is 5.98. The first kappa shape index (κ1) is 6.05. The van der Waals surface area contributed by atoms with Crippen molar-refractivity contribution in [1.82, 2.24) is 0 Å².